The average molecular weight is 488 g/mol. The summed E-state index contributed by atoms with van der Waals surface area (Å²) in [4.78, 5) is 37.9. The van der Waals surface area contributed by atoms with Crippen LogP contribution in [0.1, 0.15) is 40.9 Å². The van der Waals surface area contributed by atoms with Crippen LogP contribution in [0.15, 0.2) is 47.5 Å². The lowest BCUT2D eigenvalue weighted by Crippen LogP contribution is -2.44. The lowest BCUT2D eigenvalue weighted by molar-refractivity contribution is 0.102. The highest BCUT2D eigenvalue weighted by Gasteiger charge is 2.22. The van der Waals surface area contributed by atoms with Gasteiger partial charge in [-0.15, -0.1) is 0 Å². The van der Waals surface area contributed by atoms with Crippen LogP contribution in [0.25, 0.3) is 0 Å². The minimum Gasteiger partial charge on any atom is -0.383 e. The number of carbonyl (C=O) groups excluding carboxylic acids is 1. The predicted octanol–water partition coefficient (Wildman–Crippen LogP) is 3.75. The molecule has 0 bridgehead atoms. The van der Waals surface area contributed by atoms with Crippen LogP contribution in [0.5, 0.6) is 0 Å². The third-order valence-electron chi connectivity index (χ3n) is 7.16. The Morgan fingerprint density at radius 1 is 1.08 bits per heavy atom. The second-order valence-electron chi connectivity index (χ2n) is 9.69. The molecule has 1 fully saturated rings. The Hall–Kier alpha value is -3.85. The predicted molar refractivity (Wildman–Crippen MR) is 145 cm³/mol. The van der Waals surface area contributed by atoms with Gasteiger partial charge in [0, 0.05) is 56.2 Å². The second kappa shape index (κ2) is 10.0. The monoisotopic (exact) mass is 487 g/mol. The smallest absolute Gasteiger partial charge is 0.263 e. The Labute approximate surface area is 210 Å². The summed E-state index contributed by atoms with van der Waals surface area (Å²) < 4.78 is 0. The molecule has 9 nitrogen and oxygen atoms in total. The van der Waals surface area contributed by atoms with Crippen LogP contribution in [0.2, 0.25) is 0 Å². The van der Waals surface area contributed by atoms with E-state index < -0.39 is 11.5 Å². The molecule has 1 atom stereocenters. The molecule has 1 saturated heterocycles. The van der Waals surface area contributed by atoms with Gasteiger partial charge in [-0.05, 0) is 56.3 Å². The quantitative estimate of drug-likeness (QED) is 0.434. The van der Waals surface area contributed by atoms with Crippen molar-refractivity contribution in [3.8, 4) is 0 Å². The lowest BCUT2D eigenvalue weighted by Gasteiger charge is -2.34. The largest absolute Gasteiger partial charge is 0.383 e. The van der Waals surface area contributed by atoms with E-state index in [1.807, 2.05) is 31.2 Å². The Morgan fingerprint density at radius 3 is 2.58 bits per heavy atom. The normalized spacial score (nSPS) is 17.8. The number of hydrogen-bond donors (Lipinski definition) is 4. The zero-order valence-corrected chi connectivity index (χ0v) is 21.0. The summed E-state index contributed by atoms with van der Waals surface area (Å²) in [7, 11) is 2.13. The first kappa shape index (κ1) is 23.9. The van der Waals surface area contributed by atoms with Gasteiger partial charge in [0.15, 0.2) is 0 Å². The number of nitrogens with one attached hydrogen (secondary N) is 4. The molecule has 1 amide bonds. The topological polar surface area (TPSA) is 105 Å². The van der Waals surface area contributed by atoms with Crippen LogP contribution in [-0.4, -0.2) is 60.5 Å². The van der Waals surface area contributed by atoms with Gasteiger partial charge in [0.1, 0.15) is 5.56 Å². The van der Waals surface area contributed by atoms with Crippen LogP contribution in [0.4, 0.5) is 28.4 Å². The molecule has 1 unspecified atom stereocenters. The second-order valence-corrected chi connectivity index (χ2v) is 9.69. The van der Waals surface area contributed by atoms with Crippen LogP contribution in [0.3, 0.4) is 0 Å². The summed E-state index contributed by atoms with van der Waals surface area (Å²) in [6, 6.07) is 9.46. The molecule has 0 aliphatic carbocycles. The van der Waals surface area contributed by atoms with Crippen molar-refractivity contribution in [3.05, 3.63) is 69.9 Å². The maximum atomic E-state index is 13.2. The Kier molecular flexibility index (Phi) is 6.65. The molecule has 1 aromatic carbocycles. The van der Waals surface area contributed by atoms with E-state index in [-0.39, 0.29) is 5.56 Å². The molecule has 2 aromatic heterocycles. The van der Waals surface area contributed by atoms with E-state index >= 15 is 0 Å². The third kappa shape index (κ3) is 4.79. The van der Waals surface area contributed by atoms with E-state index in [0.29, 0.717) is 17.3 Å². The first-order chi connectivity index (χ1) is 17.4. The van der Waals surface area contributed by atoms with E-state index in [1.54, 1.807) is 12.3 Å². The highest BCUT2D eigenvalue weighted by Crippen LogP contribution is 2.36. The number of anilines is 5. The minimum absolute atomic E-state index is 0.0269. The van der Waals surface area contributed by atoms with Crippen LogP contribution < -0.4 is 26.4 Å². The van der Waals surface area contributed by atoms with Crippen molar-refractivity contribution in [1.82, 2.24) is 14.9 Å². The minimum atomic E-state index is -0.470. The van der Waals surface area contributed by atoms with Crippen molar-refractivity contribution in [3.63, 3.8) is 0 Å². The number of carbonyl (C=O) groups is 1. The first-order valence-electron chi connectivity index (χ1n) is 12.5. The number of hydrogen-bond acceptors (Lipinski definition) is 7. The van der Waals surface area contributed by atoms with Gasteiger partial charge in [-0.1, -0.05) is 6.92 Å². The average Bonchev–Trinajstić information content (AvgIpc) is 2.87. The van der Waals surface area contributed by atoms with Gasteiger partial charge in [-0.2, -0.15) is 0 Å². The summed E-state index contributed by atoms with van der Waals surface area (Å²) in [5.74, 6) is -0.0837. The van der Waals surface area contributed by atoms with Crippen LogP contribution in [0, 0.1) is 6.92 Å². The van der Waals surface area contributed by atoms with E-state index in [9.17, 15) is 9.59 Å². The number of H-pyrrole nitrogens is 1. The molecule has 4 heterocycles. The number of amides is 1. The highest BCUT2D eigenvalue weighted by atomic mass is 16.2. The summed E-state index contributed by atoms with van der Waals surface area (Å²) in [5, 5.41) is 9.60. The molecule has 2 aliphatic rings. The van der Waals surface area contributed by atoms with E-state index in [0.717, 1.165) is 67.5 Å². The summed E-state index contributed by atoms with van der Waals surface area (Å²) in [6.07, 6.45) is 4.35. The van der Waals surface area contributed by atoms with Gasteiger partial charge in [0.05, 0.1) is 29.0 Å². The van der Waals surface area contributed by atoms with Crippen molar-refractivity contribution >= 4 is 34.3 Å². The Morgan fingerprint density at radius 2 is 1.83 bits per heavy atom. The maximum absolute atomic E-state index is 13.2. The van der Waals surface area contributed by atoms with E-state index in [4.69, 9.17) is 0 Å². The molecular weight excluding hydrogens is 454 g/mol. The van der Waals surface area contributed by atoms with Crippen molar-refractivity contribution in [1.29, 1.82) is 0 Å². The van der Waals surface area contributed by atoms with Crippen molar-refractivity contribution in [2.24, 2.45) is 0 Å². The first-order valence-corrected chi connectivity index (χ1v) is 12.5. The zero-order valence-electron chi connectivity index (χ0n) is 21.0. The molecule has 0 saturated carbocycles. The SMILES string of the molecule is Cc1c(Nc2cc[nH]c(=O)c2C(=O)Nc2ccc(N3CCN(C)CC3)cc2)cnc2c1NCCC2C. The maximum Gasteiger partial charge on any atom is 0.263 e. The number of likely N-dealkylation sites (N-methyl/N-ethyl adjacent to an activating group) is 1. The third-order valence-corrected chi connectivity index (χ3v) is 7.16. The molecule has 3 aromatic rings. The fourth-order valence-corrected chi connectivity index (χ4v) is 4.86. The molecule has 9 heteroatoms. The fourth-order valence-electron chi connectivity index (χ4n) is 4.86. The number of fused-ring (bicyclic) bond motifs is 1. The van der Waals surface area contributed by atoms with Gasteiger partial charge in [0.2, 0.25) is 0 Å². The van der Waals surface area contributed by atoms with Crippen LogP contribution >= 0.6 is 0 Å². The Bertz CT molecular complexity index is 1310. The fraction of sp³-hybridized carbons (Fsp3) is 0.370. The molecular formula is C27H33N7O2. The molecule has 0 radical (unpaired) electrons. The van der Waals surface area contributed by atoms with Crippen molar-refractivity contribution in [2.45, 2.75) is 26.2 Å². The van der Waals surface area contributed by atoms with E-state index in [2.05, 4.69) is 49.7 Å². The zero-order chi connectivity index (χ0) is 25.2. The number of pyridine rings is 2. The van der Waals surface area contributed by atoms with Gasteiger partial charge in [-0.25, -0.2) is 0 Å². The number of benzene rings is 1. The number of aromatic nitrogens is 2. The number of nitrogens with zero attached hydrogens (tertiary/aromatic N) is 3. The standard InChI is InChI=1S/C27H33N7O2/c1-17-8-10-28-25-18(2)22(16-30-24(17)25)32-21-9-11-29-26(35)23(21)27(36)31-19-4-6-20(7-5-19)34-14-12-33(3)13-15-34/h4-7,9,11,16-17,28H,8,10,12-15H2,1-3H3,(H,31,36)(H2,29,32,35). The van der Waals surface area contributed by atoms with Crippen LogP contribution in [-0.2, 0) is 0 Å². The molecule has 2 aliphatic heterocycles. The van der Waals surface area contributed by atoms with E-state index in [1.165, 1.54) is 6.20 Å². The van der Waals surface area contributed by atoms with Gasteiger partial charge in [0.25, 0.3) is 11.5 Å². The molecule has 188 valence electrons. The molecule has 4 N–H and O–H groups in total. The Balaban J connectivity index is 1.35. The van der Waals surface area contributed by atoms with Crippen molar-refractivity contribution in [2.75, 3.05) is 60.6 Å². The molecule has 5 rings (SSSR count). The van der Waals surface area contributed by atoms with Gasteiger partial charge in [-0.3, -0.25) is 14.6 Å². The van der Waals surface area contributed by atoms with Gasteiger partial charge >= 0.3 is 0 Å². The number of aromatic amines is 1. The summed E-state index contributed by atoms with van der Waals surface area (Å²) in [6.45, 7) is 9.09. The molecule has 36 heavy (non-hydrogen) atoms. The summed E-state index contributed by atoms with van der Waals surface area (Å²) in [5.41, 5.74) is 5.60. The van der Waals surface area contributed by atoms with Gasteiger partial charge < -0.3 is 30.7 Å². The number of piperazine rings is 1. The molecule has 0 spiro atoms. The number of rotatable bonds is 5. The highest BCUT2D eigenvalue weighted by molar-refractivity contribution is 6.08. The summed E-state index contributed by atoms with van der Waals surface area (Å²) >= 11 is 0. The lowest BCUT2D eigenvalue weighted by atomic mass is 9.95. The van der Waals surface area contributed by atoms with Crippen molar-refractivity contribution < 1.29 is 4.79 Å².